The van der Waals surface area contributed by atoms with Gasteiger partial charge in [0.15, 0.2) is 0 Å². The van der Waals surface area contributed by atoms with Crippen LogP contribution in [0.3, 0.4) is 0 Å². The number of carboxylic acid groups (broad SMARTS) is 1. The van der Waals surface area contributed by atoms with Crippen molar-refractivity contribution < 1.29 is 19.4 Å². The number of anilines is 2. The summed E-state index contributed by atoms with van der Waals surface area (Å²) in [6.45, 7) is 5.05. The molecule has 29 heavy (non-hydrogen) atoms. The first-order valence-electron chi connectivity index (χ1n) is 9.18. The number of carbonyl (C=O) groups excluding carboxylic acids is 1. The molecule has 2 N–H and O–H groups in total. The van der Waals surface area contributed by atoms with Crippen LogP contribution in [-0.2, 0) is 9.53 Å². The van der Waals surface area contributed by atoms with Crippen LogP contribution in [0, 0.1) is 18.3 Å². The van der Waals surface area contributed by atoms with Crippen molar-refractivity contribution in [2.24, 2.45) is 0 Å². The minimum absolute atomic E-state index is 0.0552. The van der Waals surface area contributed by atoms with Crippen molar-refractivity contribution in [3.8, 4) is 6.07 Å². The highest BCUT2D eigenvalue weighted by Gasteiger charge is 2.14. The van der Waals surface area contributed by atoms with E-state index in [1.807, 2.05) is 31.2 Å². The fourth-order valence-corrected chi connectivity index (χ4v) is 3.17. The molecule has 0 radical (unpaired) electrons. The molecule has 1 aliphatic rings. The fraction of sp³-hybridized carbons (Fsp3) is 0.227. The molecule has 2 aromatic carbocycles. The summed E-state index contributed by atoms with van der Waals surface area (Å²) in [5.41, 5.74) is 3.20. The summed E-state index contributed by atoms with van der Waals surface area (Å²) in [7, 11) is 0. The Hall–Kier alpha value is -3.63. The first kappa shape index (κ1) is 20.1. The van der Waals surface area contributed by atoms with E-state index in [1.165, 1.54) is 24.3 Å². The minimum Gasteiger partial charge on any atom is -0.478 e. The maximum absolute atomic E-state index is 12.5. The van der Waals surface area contributed by atoms with E-state index in [4.69, 9.17) is 9.84 Å². The number of nitriles is 1. The number of ether oxygens (including phenoxy) is 1. The van der Waals surface area contributed by atoms with Gasteiger partial charge in [-0.25, -0.2) is 4.79 Å². The van der Waals surface area contributed by atoms with Gasteiger partial charge < -0.3 is 20.1 Å². The Kier molecular flexibility index (Phi) is 6.27. The van der Waals surface area contributed by atoms with Gasteiger partial charge >= 0.3 is 5.97 Å². The standard InChI is InChI=1S/C22H21N3O4/c1-15-11-16(5-6-20(15)25-7-9-29-10-8-25)12-18(14-23)21(26)24-19-4-2-3-17(13-19)22(27)28/h2-6,11-13H,7-10H2,1H3,(H,24,26)(H,27,28)/b18-12-. The summed E-state index contributed by atoms with van der Waals surface area (Å²) in [5, 5.41) is 21.0. The maximum atomic E-state index is 12.5. The average molecular weight is 391 g/mol. The number of carbonyl (C=O) groups is 2. The van der Waals surface area contributed by atoms with Crippen molar-refractivity contribution in [1.82, 2.24) is 0 Å². The second-order valence-electron chi connectivity index (χ2n) is 6.66. The van der Waals surface area contributed by atoms with E-state index in [0.29, 0.717) is 18.9 Å². The molecule has 1 saturated heterocycles. The molecule has 0 spiro atoms. The number of nitrogens with one attached hydrogen (secondary N) is 1. The number of nitrogens with zero attached hydrogens (tertiary/aromatic N) is 2. The third-order valence-corrected chi connectivity index (χ3v) is 4.62. The number of aromatic carboxylic acids is 1. The Labute approximate surface area is 168 Å². The first-order chi connectivity index (χ1) is 14.0. The number of amides is 1. The number of morpholine rings is 1. The van der Waals surface area contributed by atoms with Gasteiger partial charge in [0.25, 0.3) is 5.91 Å². The number of aryl methyl sites for hydroxylation is 1. The van der Waals surface area contributed by atoms with Crippen LogP contribution >= 0.6 is 0 Å². The van der Waals surface area contributed by atoms with Gasteiger partial charge in [-0.05, 0) is 54.5 Å². The highest BCUT2D eigenvalue weighted by atomic mass is 16.5. The second kappa shape index (κ2) is 9.04. The first-order valence-corrected chi connectivity index (χ1v) is 9.18. The van der Waals surface area contributed by atoms with E-state index < -0.39 is 11.9 Å². The molecule has 0 unspecified atom stereocenters. The molecular formula is C22H21N3O4. The number of carboxylic acids is 1. The molecule has 0 saturated carbocycles. The van der Waals surface area contributed by atoms with Crippen LogP contribution in [0.2, 0.25) is 0 Å². The molecule has 7 heteroatoms. The van der Waals surface area contributed by atoms with Crippen molar-refractivity contribution in [3.05, 3.63) is 64.7 Å². The quantitative estimate of drug-likeness (QED) is 0.600. The number of hydrogen-bond acceptors (Lipinski definition) is 5. The van der Waals surface area contributed by atoms with E-state index in [-0.39, 0.29) is 11.1 Å². The van der Waals surface area contributed by atoms with E-state index in [0.717, 1.165) is 29.9 Å². The minimum atomic E-state index is -1.09. The molecule has 0 aromatic heterocycles. The molecule has 1 aliphatic heterocycles. The van der Waals surface area contributed by atoms with E-state index in [9.17, 15) is 14.9 Å². The van der Waals surface area contributed by atoms with Gasteiger partial charge in [0.1, 0.15) is 11.6 Å². The van der Waals surface area contributed by atoms with Crippen LogP contribution in [0.5, 0.6) is 0 Å². The molecule has 1 fully saturated rings. The zero-order valence-corrected chi connectivity index (χ0v) is 16.0. The number of rotatable bonds is 5. The van der Waals surface area contributed by atoms with Crippen LogP contribution in [-0.4, -0.2) is 43.3 Å². The Bertz CT molecular complexity index is 1000. The molecule has 3 rings (SSSR count). The van der Waals surface area contributed by atoms with Crippen LogP contribution in [0.4, 0.5) is 11.4 Å². The highest BCUT2D eigenvalue weighted by molar-refractivity contribution is 6.10. The van der Waals surface area contributed by atoms with Crippen molar-refractivity contribution in [2.75, 3.05) is 36.5 Å². The summed E-state index contributed by atoms with van der Waals surface area (Å²) in [4.78, 5) is 25.8. The zero-order chi connectivity index (χ0) is 20.8. The lowest BCUT2D eigenvalue weighted by molar-refractivity contribution is -0.112. The van der Waals surface area contributed by atoms with Crippen LogP contribution in [0.1, 0.15) is 21.5 Å². The summed E-state index contributed by atoms with van der Waals surface area (Å²) in [6, 6.07) is 13.6. The smallest absolute Gasteiger partial charge is 0.335 e. The van der Waals surface area contributed by atoms with Gasteiger partial charge in [-0.2, -0.15) is 5.26 Å². The Balaban J connectivity index is 1.77. The maximum Gasteiger partial charge on any atom is 0.335 e. The lowest BCUT2D eigenvalue weighted by Crippen LogP contribution is -2.36. The normalized spacial score (nSPS) is 14.2. The summed E-state index contributed by atoms with van der Waals surface area (Å²) in [5.74, 6) is -1.68. The fourth-order valence-electron chi connectivity index (χ4n) is 3.17. The molecule has 0 atom stereocenters. The van der Waals surface area contributed by atoms with Crippen molar-refractivity contribution in [1.29, 1.82) is 5.26 Å². The number of benzene rings is 2. The predicted octanol–water partition coefficient (Wildman–Crippen LogP) is 3.08. The molecule has 0 bridgehead atoms. The molecule has 7 nitrogen and oxygen atoms in total. The largest absolute Gasteiger partial charge is 0.478 e. The Morgan fingerprint density at radius 3 is 2.62 bits per heavy atom. The van der Waals surface area contributed by atoms with Gasteiger partial charge in [0, 0.05) is 24.5 Å². The van der Waals surface area contributed by atoms with E-state index in [2.05, 4.69) is 10.2 Å². The molecule has 148 valence electrons. The Morgan fingerprint density at radius 2 is 1.97 bits per heavy atom. The molecule has 2 aromatic rings. The molecular weight excluding hydrogens is 370 g/mol. The van der Waals surface area contributed by atoms with Gasteiger partial charge in [-0.3, -0.25) is 4.79 Å². The van der Waals surface area contributed by atoms with Gasteiger partial charge in [-0.1, -0.05) is 12.1 Å². The predicted molar refractivity (Wildman–Crippen MR) is 110 cm³/mol. The average Bonchev–Trinajstić information content (AvgIpc) is 2.72. The van der Waals surface area contributed by atoms with Crippen molar-refractivity contribution >= 4 is 29.3 Å². The van der Waals surface area contributed by atoms with Crippen LogP contribution in [0.15, 0.2) is 48.0 Å². The summed E-state index contributed by atoms with van der Waals surface area (Å²) in [6.07, 6.45) is 1.52. The van der Waals surface area contributed by atoms with Crippen molar-refractivity contribution in [2.45, 2.75) is 6.92 Å². The highest BCUT2D eigenvalue weighted by Crippen LogP contribution is 2.23. The third-order valence-electron chi connectivity index (χ3n) is 4.62. The van der Waals surface area contributed by atoms with Crippen molar-refractivity contribution in [3.63, 3.8) is 0 Å². The molecule has 1 heterocycles. The van der Waals surface area contributed by atoms with Gasteiger partial charge in [0.2, 0.25) is 0 Å². The topological polar surface area (TPSA) is 103 Å². The SMILES string of the molecule is Cc1cc(/C=C(/C#N)C(=O)Nc2cccc(C(=O)O)c2)ccc1N1CCOCC1. The summed E-state index contributed by atoms with van der Waals surface area (Å²) < 4.78 is 5.38. The van der Waals surface area contributed by atoms with E-state index >= 15 is 0 Å². The Morgan fingerprint density at radius 1 is 1.21 bits per heavy atom. The summed E-state index contributed by atoms with van der Waals surface area (Å²) >= 11 is 0. The second-order valence-corrected chi connectivity index (χ2v) is 6.66. The van der Waals surface area contributed by atoms with E-state index in [1.54, 1.807) is 6.07 Å². The van der Waals surface area contributed by atoms with Gasteiger partial charge in [0.05, 0.1) is 18.8 Å². The third kappa shape index (κ3) is 5.00. The molecule has 0 aliphatic carbocycles. The zero-order valence-electron chi connectivity index (χ0n) is 16.0. The monoisotopic (exact) mass is 391 g/mol. The lowest BCUT2D eigenvalue weighted by atomic mass is 10.1. The van der Waals surface area contributed by atoms with Crippen LogP contribution in [0.25, 0.3) is 6.08 Å². The molecule has 1 amide bonds. The van der Waals surface area contributed by atoms with Crippen LogP contribution < -0.4 is 10.2 Å². The lowest BCUT2D eigenvalue weighted by Gasteiger charge is -2.30. The number of hydrogen-bond donors (Lipinski definition) is 2. The van der Waals surface area contributed by atoms with Gasteiger partial charge in [-0.15, -0.1) is 0 Å².